The van der Waals surface area contributed by atoms with Gasteiger partial charge in [-0.2, -0.15) is 0 Å². The third-order valence-corrected chi connectivity index (χ3v) is 2.33. The van der Waals surface area contributed by atoms with E-state index in [9.17, 15) is 10.2 Å². The number of phenolic OH excluding ortho intramolecular Hbond substituents is 2. The molecule has 0 aliphatic carbocycles. The van der Waals surface area contributed by atoms with Crippen LogP contribution in [0.3, 0.4) is 0 Å². The third-order valence-electron chi connectivity index (χ3n) is 2.33. The van der Waals surface area contributed by atoms with E-state index in [2.05, 4.69) is 13.8 Å². The minimum atomic E-state index is 0.203. The predicted octanol–water partition coefficient (Wildman–Crippen LogP) is 3.08. The molecule has 0 fully saturated rings. The maximum absolute atomic E-state index is 9.50. The SMILES string of the molecule is CC(C)CCCc1c(O)cccc1O. The summed E-state index contributed by atoms with van der Waals surface area (Å²) in [6.07, 6.45) is 2.87. The predicted molar refractivity (Wildman–Crippen MR) is 57.5 cm³/mol. The number of hydrogen-bond donors (Lipinski definition) is 2. The Morgan fingerprint density at radius 1 is 1.14 bits per heavy atom. The van der Waals surface area contributed by atoms with Crippen molar-refractivity contribution in [3.8, 4) is 11.5 Å². The zero-order valence-electron chi connectivity index (χ0n) is 8.83. The molecule has 2 heteroatoms. The molecule has 2 N–H and O–H groups in total. The average molecular weight is 194 g/mol. The summed E-state index contributed by atoms with van der Waals surface area (Å²) in [5.41, 5.74) is 0.674. The highest BCUT2D eigenvalue weighted by molar-refractivity contribution is 5.42. The van der Waals surface area contributed by atoms with E-state index >= 15 is 0 Å². The smallest absolute Gasteiger partial charge is 0.122 e. The molecule has 0 aliphatic rings. The number of aromatic hydroxyl groups is 2. The Balaban J connectivity index is 2.58. The van der Waals surface area contributed by atoms with Gasteiger partial charge in [-0.05, 0) is 30.9 Å². The highest BCUT2D eigenvalue weighted by atomic mass is 16.3. The van der Waals surface area contributed by atoms with Gasteiger partial charge in [-0.3, -0.25) is 0 Å². The molecule has 0 bridgehead atoms. The molecule has 0 atom stereocenters. The van der Waals surface area contributed by atoms with Gasteiger partial charge in [0.15, 0.2) is 0 Å². The fraction of sp³-hybridized carbons (Fsp3) is 0.500. The molecule has 1 rings (SSSR count). The van der Waals surface area contributed by atoms with Crippen LogP contribution in [-0.2, 0) is 6.42 Å². The highest BCUT2D eigenvalue weighted by Gasteiger charge is 2.06. The van der Waals surface area contributed by atoms with Crippen LogP contribution >= 0.6 is 0 Å². The lowest BCUT2D eigenvalue weighted by Crippen LogP contribution is -1.91. The lowest BCUT2D eigenvalue weighted by molar-refractivity contribution is 0.433. The zero-order valence-corrected chi connectivity index (χ0v) is 8.83. The molecular weight excluding hydrogens is 176 g/mol. The van der Waals surface area contributed by atoms with Crippen molar-refractivity contribution in [2.24, 2.45) is 5.92 Å². The Labute approximate surface area is 85.2 Å². The Hall–Kier alpha value is -1.18. The van der Waals surface area contributed by atoms with E-state index in [1.54, 1.807) is 18.2 Å². The van der Waals surface area contributed by atoms with Crippen LogP contribution in [0.5, 0.6) is 11.5 Å². The zero-order chi connectivity index (χ0) is 10.6. The van der Waals surface area contributed by atoms with E-state index in [4.69, 9.17) is 0 Å². The Morgan fingerprint density at radius 3 is 2.21 bits per heavy atom. The highest BCUT2D eigenvalue weighted by Crippen LogP contribution is 2.28. The van der Waals surface area contributed by atoms with Crippen LogP contribution in [0.15, 0.2) is 18.2 Å². The molecular formula is C12H18O2. The van der Waals surface area contributed by atoms with Crippen molar-refractivity contribution >= 4 is 0 Å². The standard InChI is InChI=1S/C12H18O2/c1-9(2)5-3-6-10-11(13)7-4-8-12(10)14/h4,7-9,13-14H,3,5-6H2,1-2H3. The molecule has 78 valence electrons. The quantitative estimate of drug-likeness (QED) is 0.773. The maximum atomic E-state index is 9.50. The molecule has 0 spiro atoms. The van der Waals surface area contributed by atoms with Crippen LogP contribution in [0.2, 0.25) is 0 Å². The molecule has 1 aromatic rings. The summed E-state index contributed by atoms with van der Waals surface area (Å²) >= 11 is 0. The van der Waals surface area contributed by atoms with Crippen molar-refractivity contribution in [2.75, 3.05) is 0 Å². The number of benzene rings is 1. The van der Waals surface area contributed by atoms with E-state index in [1.807, 2.05) is 0 Å². The molecule has 2 nitrogen and oxygen atoms in total. The minimum Gasteiger partial charge on any atom is -0.508 e. The molecule has 0 aliphatic heterocycles. The summed E-state index contributed by atoms with van der Waals surface area (Å²) in [5, 5.41) is 19.0. The number of phenols is 2. The van der Waals surface area contributed by atoms with E-state index in [0.29, 0.717) is 11.5 Å². The second-order valence-corrected chi connectivity index (χ2v) is 4.06. The van der Waals surface area contributed by atoms with Crippen molar-refractivity contribution in [2.45, 2.75) is 33.1 Å². The van der Waals surface area contributed by atoms with Crippen LogP contribution in [-0.4, -0.2) is 10.2 Å². The largest absolute Gasteiger partial charge is 0.508 e. The maximum Gasteiger partial charge on any atom is 0.122 e. The molecule has 0 radical (unpaired) electrons. The molecule has 0 unspecified atom stereocenters. The normalized spacial score (nSPS) is 10.8. The second-order valence-electron chi connectivity index (χ2n) is 4.06. The first-order valence-electron chi connectivity index (χ1n) is 5.11. The summed E-state index contributed by atoms with van der Waals surface area (Å²) in [7, 11) is 0. The molecule has 1 aromatic carbocycles. The average Bonchev–Trinajstić information content (AvgIpc) is 2.09. The first-order chi connectivity index (χ1) is 6.61. The Kier molecular flexibility index (Phi) is 3.81. The van der Waals surface area contributed by atoms with Gasteiger partial charge in [0.05, 0.1) is 0 Å². The lowest BCUT2D eigenvalue weighted by Gasteiger charge is -2.08. The third kappa shape index (κ3) is 2.95. The molecule has 0 amide bonds. The first kappa shape index (κ1) is 10.9. The van der Waals surface area contributed by atoms with Crippen molar-refractivity contribution in [3.05, 3.63) is 23.8 Å². The Morgan fingerprint density at radius 2 is 1.71 bits per heavy atom. The van der Waals surface area contributed by atoms with Gasteiger partial charge < -0.3 is 10.2 Å². The molecule has 0 saturated carbocycles. The minimum absolute atomic E-state index is 0.203. The summed E-state index contributed by atoms with van der Waals surface area (Å²) < 4.78 is 0. The topological polar surface area (TPSA) is 40.5 Å². The van der Waals surface area contributed by atoms with Gasteiger partial charge in [-0.25, -0.2) is 0 Å². The number of hydrogen-bond acceptors (Lipinski definition) is 2. The summed E-state index contributed by atoms with van der Waals surface area (Å²) in [5.74, 6) is 1.07. The lowest BCUT2D eigenvalue weighted by atomic mass is 10.0. The van der Waals surface area contributed by atoms with Gasteiger partial charge in [0.25, 0.3) is 0 Å². The van der Waals surface area contributed by atoms with Gasteiger partial charge in [0.2, 0.25) is 0 Å². The van der Waals surface area contributed by atoms with Crippen LogP contribution < -0.4 is 0 Å². The van der Waals surface area contributed by atoms with E-state index in [1.165, 1.54) is 0 Å². The Bertz CT molecular complexity index is 272. The molecule has 0 heterocycles. The molecule has 0 aromatic heterocycles. The fourth-order valence-corrected chi connectivity index (χ4v) is 1.51. The van der Waals surface area contributed by atoms with Crippen LogP contribution in [0.4, 0.5) is 0 Å². The van der Waals surface area contributed by atoms with Crippen molar-refractivity contribution in [1.29, 1.82) is 0 Å². The van der Waals surface area contributed by atoms with Gasteiger partial charge in [0.1, 0.15) is 11.5 Å². The summed E-state index contributed by atoms with van der Waals surface area (Å²) in [4.78, 5) is 0. The van der Waals surface area contributed by atoms with Gasteiger partial charge in [-0.1, -0.05) is 26.3 Å². The second kappa shape index (κ2) is 4.89. The first-order valence-corrected chi connectivity index (χ1v) is 5.11. The van der Waals surface area contributed by atoms with Crippen LogP contribution in [0.1, 0.15) is 32.3 Å². The fourth-order valence-electron chi connectivity index (χ4n) is 1.51. The van der Waals surface area contributed by atoms with Gasteiger partial charge >= 0.3 is 0 Å². The molecule has 0 saturated heterocycles. The van der Waals surface area contributed by atoms with Crippen LogP contribution in [0, 0.1) is 5.92 Å². The van der Waals surface area contributed by atoms with E-state index < -0.39 is 0 Å². The van der Waals surface area contributed by atoms with E-state index in [-0.39, 0.29) is 11.5 Å². The molecule has 14 heavy (non-hydrogen) atoms. The van der Waals surface area contributed by atoms with Crippen molar-refractivity contribution in [3.63, 3.8) is 0 Å². The summed E-state index contributed by atoms with van der Waals surface area (Å²) in [6.45, 7) is 4.34. The van der Waals surface area contributed by atoms with Gasteiger partial charge in [0, 0.05) is 5.56 Å². The summed E-state index contributed by atoms with van der Waals surface area (Å²) in [6, 6.07) is 4.88. The van der Waals surface area contributed by atoms with E-state index in [0.717, 1.165) is 19.3 Å². The van der Waals surface area contributed by atoms with Crippen LogP contribution in [0.25, 0.3) is 0 Å². The van der Waals surface area contributed by atoms with Crippen molar-refractivity contribution in [1.82, 2.24) is 0 Å². The van der Waals surface area contributed by atoms with Crippen molar-refractivity contribution < 1.29 is 10.2 Å². The monoisotopic (exact) mass is 194 g/mol. The van der Waals surface area contributed by atoms with Gasteiger partial charge in [-0.15, -0.1) is 0 Å². The number of rotatable bonds is 4.